The molecule has 5 heteroatoms. The van der Waals surface area contributed by atoms with Crippen molar-refractivity contribution in [3.63, 3.8) is 0 Å². The lowest BCUT2D eigenvalue weighted by atomic mass is 10.1. The summed E-state index contributed by atoms with van der Waals surface area (Å²) < 4.78 is 0. The summed E-state index contributed by atoms with van der Waals surface area (Å²) in [6.07, 6.45) is 1.73. The van der Waals surface area contributed by atoms with E-state index >= 15 is 0 Å². The van der Waals surface area contributed by atoms with Crippen LogP contribution in [-0.4, -0.2) is 42.9 Å². The van der Waals surface area contributed by atoms with Gasteiger partial charge in [-0.1, -0.05) is 48.5 Å². The molecule has 2 aromatic rings. The predicted octanol–water partition coefficient (Wildman–Crippen LogP) is 1.89. The molecule has 1 aliphatic rings. The highest BCUT2D eigenvalue weighted by atomic mass is 16.2. The number of carbonyl (C=O) groups excluding carboxylic acids is 2. The summed E-state index contributed by atoms with van der Waals surface area (Å²) in [5, 5.41) is 6.01. The first-order valence-electron chi connectivity index (χ1n) is 8.37. The van der Waals surface area contributed by atoms with Crippen LogP contribution in [0.2, 0.25) is 0 Å². The van der Waals surface area contributed by atoms with Crippen LogP contribution in [0.5, 0.6) is 0 Å². The molecule has 1 aliphatic heterocycles. The summed E-state index contributed by atoms with van der Waals surface area (Å²) >= 11 is 0. The molecule has 2 amide bonds. The van der Waals surface area contributed by atoms with Gasteiger partial charge < -0.3 is 15.5 Å². The van der Waals surface area contributed by atoms with E-state index in [4.69, 9.17) is 0 Å². The molecule has 3 rings (SSSR count). The molecule has 0 aliphatic carbocycles. The third-order valence-corrected chi connectivity index (χ3v) is 4.03. The maximum atomic E-state index is 12.9. The van der Waals surface area contributed by atoms with Gasteiger partial charge in [0.1, 0.15) is 5.70 Å². The minimum atomic E-state index is -0.286. The zero-order valence-electron chi connectivity index (χ0n) is 13.9. The third-order valence-electron chi connectivity index (χ3n) is 4.03. The van der Waals surface area contributed by atoms with Gasteiger partial charge in [0.25, 0.3) is 11.8 Å². The summed E-state index contributed by atoms with van der Waals surface area (Å²) in [4.78, 5) is 27.1. The van der Waals surface area contributed by atoms with E-state index in [9.17, 15) is 9.59 Å². The molecule has 2 N–H and O–H groups in total. The first kappa shape index (κ1) is 16.9. The van der Waals surface area contributed by atoms with Gasteiger partial charge in [-0.05, 0) is 23.8 Å². The van der Waals surface area contributed by atoms with Crippen molar-refractivity contribution in [1.29, 1.82) is 0 Å². The number of piperazine rings is 1. The average Bonchev–Trinajstić information content (AvgIpc) is 2.69. The predicted molar refractivity (Wildman–Crippen MR) is 97.8 cm³/mol. The monoisotopic (exact) mass is 335 g/mol. The number of hydrogen-bond donors (Lipinski definition) is 2. The van der Waals surface area contributed by atoms with Crippen molar-refractivity contribution in [3.8, 4) is 0 Å². The van der Waals surface area contributed by atoms with Gasteiger partial charge in [-0.25, -0.2) is 0 Å². The largest absolute Gasteiger partial charge is 0.335 e. The molecular formula is C20H21N3O2. The van der Waals surface area contributed by atoms with Gasteiger partial charge >= 0.3 is 0 Å². The number of nitrogens with one attached hydrogen (secondary N) is 2. The van der Waals surface area contributed by atoms with Gasteiger partial charge in [-0.2, -0.15) is 0 Å². The smallest absolute Gasteiger partial charge is 0.270 e. The number of rotatable bonds is 4. The molecular weight excluding hydrogens is 314 g/mol. The molecule has 0 bridgehead atoms. The van der Waals surface area contributed by atoms with Gasteiger partial charge in [0.15, 0.2) is 0 Å². The van der Waals surface area contributed by atoms with Crippen molar-refractivity contribution in [2.24, 2.45) is 0 Å². The fourth-order valence-corrected chi connectivity index (χ4v) is 2.69. The first-order chi connectivity index (χ1) is 12.2. The van der Waals surface area contributed by atoms with Crippen LogP contribution in [0.4, 0.5) is 0 Å². The van der Waals surface area contributed by atoms with Crippen LogP contribution in [0, 0.1) is 0 Å². The van der Waals surface area contributed by atoms with Crippen molar-refractivity contribution in [2.75, 3.05) is 26.2 Å². The summed E-state index contributed by atoms with van der Waals surface area (Å²) in [5.41, 5.74) is 1.69. The number of carbonyl (C=O) groups is 2. The molecule has 2 aromatic carbocycles. The van der Waals surface area contributed by atoms with E-state index in [0.717, 1.165) is 18.7 Å². The lowest BCUT2D eigenvalue weighted by Crippen LogP contribution is -2.48. The van der Waals surface area contributed by atoms with Gasteiger partial charge in [0.05, 0.1) is 0 Å². The first-order valence-corrected chi connectivity index (χ1v) is 8.37. The summed E-state index contributed by atoms with van der Waals surface area (Å²) in [6, 6.07) is 18.4. The normalized spacial score (nSPS) is 14.9. The third kappa shape index (κ3) is 4.55. The van der Waals surface area contributed by atoms with Crippen LogP contribution >= 0.6 is 0 Å². The van der Waals surface area contributed by atoms with Gasteiger partial charge in [-0.3, -0.25) is 9.59 Å². The van der Waals surface area contributed by atoms with E-state index in [1.54, 1.807) is 35.2 Å². The van der Waals surface area contributed by atoms with E-state index in [0.29, 0.717) is 24.4 Å². The Balaban J connectivity index is 1.85. The van der Waals surface area contributed by atoms with Crippen LogP contribution in [0.15, 0.2) is 66.4 Å². The van der Waals surface area contributed by atoms with E-state index in [2.05, 4.69) is 10.6 Å². The summed E-state index contributed by atoms with van der Waals surface area (Å²) in [5.74, 6) is -0.444. The van der Waals surface area contributed by atoms with E-state index in [-0.39, 0.29) is 11.8 Å². The maximum absolute atomic E-state index is 12.9. The fraction of sp³-hybridized carbons (Fsp3) is 0.200. The van der Waals surface area contributed by atoms with Crippen LogP contribution < -0.4 is 10.6 Å². The number of nitrogens with zero attached hydrogens (tertiary/aromatic N) is 1. The van der Waals surface area contributed by atoms with Crippen LogP contribution in [0.25, 0.3) is 6.08 Å². The van der Waals surface area contributed by atoms with Crippen LogP contribution in [0.3, 0.4) is 0 Å². The Labute approximate surface area is 147 Å². The topological polar surface area (TPSA) is 61.4 Å². The van der Waals surface area contributed by atoms with Crippen molar-refractivity contribution in [1.82, 2.24) is 15.5 Å². The van der Waals surface area contributed by atoms with Gasteiger partial charge in [0, 0.05) is 31.7 Å². The quantitative estimate of drug-likeness (QED) is 0.839. The highest BCUT2D eigenvalue weighted by Crippen LogP contribution is 2.10. The van der Waals surface area contributed by atoms with Crippen LogP contribution in [0.1, 0.15) is 15.9 Å². The minimum absolute atomic E-state index is 0.158. The Hall–Kier alpha value is -2.92. The molecule has 25 heavy (non-hydrogen) atoms. The Morgan fingerprint density at radius 2 is 1.52 bits per heavy atom. The minimum Gasteiger partial charge on any atom is -0.335 e. The van der Waals surface area contributed by atoms with Crippen molar-refractivity contribution >= 4 is 17.9 Å². The Bertz CT molecular complexity index is 751. The second-order valence-corrected chi connectivity index (χ2v) is 5.83. The molecule has 5 nitrogen and oxygen atoms in total. The zero-order chi connectivity index (χ0) is 17.5. The fourth-order valence-electron chi connectivity index (χ4n) is 2.69. The highest BCUT2D eigenvalue weighted by molar-refractivity contribution is 6.05. The SMILES string of the molecule is O=C(NC(=Cc1ccccc1)C(=O)N1CCNCC1)c1ccccc1. The molecule has 1 fully saturated rings. The molecule has 0 aromatic heterocycles. The molecule has 0 spiro atoms. The molecule has 128 valence electrons. The van der Waals surface area contributed by atoms with Crippen LogP contribution in [-0.2, 0) is 4.79 Å². The Kier molecular flexibility index (Phi) is 5.59. The number of benzene rings is 2. The lowest BCUT2D eigenvalue weighted by Gasteiger charge is -2.28. The van der Waals surface area contributed by atoms with Gasteiger partial charge in [0.2, 0.25) is 0 Å². The summed E-state index contributed by atoms with van der Waals surface area (Å²) in [7, 11) is 0. The molecule has 0 unspecified atom stereocenters. The van der Waals surface area contributed by atoms with Crippen molar-refractivity contribution in [2.45, 2.75) is 0 Å². The second kappa shape index (κ2) is 8.26. The lowest BCUT2D eigenvalue weighted by molar-refractivity contribution is -0.127. The molecule has 0 radical (unpaired) electrons. The molecule has 1 heterocycles. The average molecular weight is 335 g/mol. The molecule has 0 atom stereocenters. The Morgan fingerprint density at radius 1 is 0.920 bits per heavy atom. The number of amides is 2. The van der Waals surface area contributed by atoms with E-state index < -0.39 is 0 Å². The second-order valence-electron chi connectivity index (χ2n) is 5.83. The van der Waals surface area contributed by atoms with Crippen molar-refractivity contribution in [3.05, 3.63) is 77.5 Å². The molecule has 1 saturated heterocycles. The molecule has 0 saturated carbocycles. The number of hydrogen-bond acceptors (Lipinski definition) is 3. The zero-order valence-corrected chi connectivity index (χ0v) is 13.9. The highest BCUT2D eigenvalue weighted by Gasteiger charge is 2.22. The van der Waals surface area contributed by atoms with Gasteiger partial charge in [-0.15, -0.1) is 0 Å². The summed E-state index contributed by atoms with van der Waals surface area (Å²) in [6.45, 7) is 2.78. The van der Waals surface area contributed by atoms with Crippen molar-refractivity contribution < 1.29 is 9.59 Å². The maximum Gasteiger partial charge on any atom is 0.270 e. The van der Waals surface area contributed by atoms with E-state index in [1.807, 2.05) is 36.4 Å². The Morgan fingerprint density at radius 3 is 2.16 bits per heavy atom. The standard InChI is InChI=1S/C20H21N3O2/c24-19(17-9-5-2-6-10-17)22-18(15-16-7-3-1-4-8-16)20(25)23-13-11-21-12-14-23/h1-10,15,21H,11-14H2,(H,22,24). The van der Waals surface area contributed by atoms with E-state index in [1.165, 1.54) is 0 Å².